The Labute approximate surface area is 116 Å². The predicted octanol–water partition coefficient (Wildman–Crippen LogP) is 3.09. The number of imidazole rings is 1. The van der Waals surface area contributed by atoms with Crippen molar-refractivity contribution in [2.45, 2.75) is 20.4 Å². The number of aromatic nitrogens is 4. The molecule has 0 amide bonds. The predicted molar refractivity (Wildman–Crippen MR) is 76.5 cm³/mol. The van der Waals surface area contributed by atoms with Crippen LogP contribution in [0.1, 0.15) is 17.2 Å². The molecule has 2 heterocycles. The van der Waals surface area contributed by atoms with Crippen molar-refractivity contribution in [2.75, 3.05) is 0 Å². The van der Waals surface area contributed by atoms with Gasteiger partial charge in [0.1, 0.15) is 5.82 Å². The van der Waals surface area contributed by atoms with Gasteiger partial charge in [-0.3, -0.25) is 4.68 Å². The van der Waals surface area contributed by atoms with Crippen molar-refractivity contribution in [3.63, 3.8) is 0 Å². The Morgan fingerprint density at radius 3 is 2.63 bits per heavy atom. The lowest BCUT2D eigenvalue weighted by atomic mass is 10.3. The summed E-state index contributed by atoms with van der Waals surface area (Å²) in [6, 6.07) is 8.12. The molecule has 3 rings (SSSR count). The van der Waals surface area contributed by atoms with Gasteiger partial charge >= 0.3 is 0 Å². The third kappa shape index (κ3) is 1.92. The van der Waals surface area contributed by atoms with Gasteiger partial charge in [0.2, 0.25) is 0 Å². The standard InChI is InChI=1S/C14H15ClN4/c1-9-14(15)13(18(3)17-9)8-19-10(2)16-11-6-4-5-7-12(11)19/h4-7H,8H2,1-3H3. The van der Waals surface area contributed by atoms with Crippen molar-refractivity contribution >= 4 is 22.6 Å². The molecule has 0 aliphatic heterocycles. The first-order valence-corrected chi connectivity index (χ1v) is 6.55. The molecule has 0 aliphatic rings. The molecule has 5 heteroatoms. The minimum absolute atomic E-state index is 0.683. The molecule has 0 atom stereocenters. The molecule has 3 aromatic rings. The molecule has 0 bridgehead atoms. The molecule has 0 saturated heterocycles. The van der Waals surface area contributed by atoms with E-state index < -0.39 is 0 Å². The summed E-state index contributed by atoms with van der Waals surface area (Å²) >= 11 is 6.32. The fourth-order valence-electron chi connectivity index (χ4n) is 2.40. The highest BCUT2D eigenvalue weighted by atomic mass is 35.5. The highest BCUT2D eigenvalue weighted by molar-refractivity contribution is 6.31. The van der Waals surface area contributed by atoms with Gasteiger partial charge in [-0.1, -0.05) is 23.7 Å². The van der Waals surface area contributed by atoms with E-state index >= 15 is 0 Å². The lowest BCUT2D eigenvalue weighted by Crippen LogP contribution is -2.07. The van der Waals surface area contributed by atoms with E-state index in [1.807, 2.05) is 43.8 Å². The maximum absolute atomic E-state index is 6.32. The number of halogens is 1. The first kappa shape index (κ1) is 12.2. The van der Waals surface area contributed by atoms with Crippen LogP contribution in [-0.2, 0) is 13.6 Å². The number of para-hydroxylation sites is 2. The molecule has 19 heavy (non-hydrogen) atoms. The third-order valence-corrected chi connectivity index (χ3v) is 3.91. The molecule has 0 fully saturated rings. The molecule has 2 aromatic heterocycles. The van der Waals surface area contributed by atoms with Gasteiger partial charge < -0.3 is 4.57 Å². The average molecular weight is 275 g/mol. The second-order valence-corrected chi connectivity index (χ2v) is 5.08. The Morgan fingerprint density at radius 1 is 1.21 bits per heavy atom. The average Bonchev–Trinajstić information content (AvgIpc) is 2.82. The number of rotatable bonds is 2. The molecular formula is C14H15ClN4. The van der Waals surface area contributed by atoms with E-state index in [1.165, 1.54) is 0 Å². The van der Waals surface area contributed by atoms with Crippen molar-refractivity contribution < 1.29 is 0 Å². The van der Waals surface area contributed by atoms with Gasteiger partial charge in [0.05, 0.1) is 34.0 Å². The zero-order chi connectivity index (χ0) is 13.6. The summed E-state index contributed by atoms with van der Waals surface area (Å²) in [4.78, 5) is 4.57. The second-order valence-electron chi connectivity index (χ2n) is 4.70. The van der Waals surface area contributed by atoms with E-state index in [2.05, 4.69) is 20.7 Å². The fourth-order valence-corrected chi connectivity index (χ4v) is 2.62. The number of hydrogen-bond acceptors (Lipinski definition) is 2. The molecule has 0 unspecified atom stereocenters. The van der Waals surface area contributed by atoms with Gasteiger partial charge in [0.15, 0.2) is 0 Å². The van der Waals surface area contributed by atoms with Crippen LogP contribution in [-0.4, -0.2) is 19.3 Å². The van der Waals surface area contributed by atoms with Crippen molar-refractivity contribution in [2.24, 2.45) is 7.05 Å². The molecule has 0 spiro atoms. The quantitative estimate of drug-likeness (QED) is 0.720. The van der Waals surface area contributed by atoms with Crippen LogP contribution in [0.4, 0.5) is 0 Å². The lowest BCUT2D eigenvalue weighted by Gasteiger charge is -2.08. The summed E-state index contributed by atoms with van der Waals surface area (Å²) in [7, 11) is 1.92. The van der Waals surface area contributed by atoms with E-state index in [0.717, 1.165) is 33.3 Å². The van der Waals surface area contributed by atoms with E-state index in [-0.39, 0.29) is 0 Å². The van der Waals surface area contributed by atoms with E-state index in [9.17, 15) is 0 Å². The number of fused-ring (bicyclic) bond motifs is 1. The monoisotopic (exact) mass is 274 g/mol. The van der Waals surface area contributed by atoms with Crippen LogP contribution in [0.3, 0.4) is 0 Å². The topological polar surface area (TPSA) is 35.6 Å². The molecule has 0 saturated carbocycles. The zero-order valence-electron chi connectivity index (χ0n) is 11.2. The largest absolute Gasteiger partial charge is 0.322 e. The maximum atomic E-state index is 6.32. The lowest BCUT2D eigenvalue weighted by molar-refractivity contribution is 0.662. The van der Waals surface area contributed by atoms with Gasteiger partial charge in [-0.05, 0) is 26.0 Å². The third-order valence-electron chi connectivity index (χ3n) is 3.41. The van der Waals surface area contributed by atoms with Gasteiger partial charge in [-0.15, -0.1) is 0 Å². The summed E-state index contributed by atoms with van der Waals surface area (Å²) in [5, 5.41) is 5.09. The summed E-state index contributed by atoms with van der Waals surface area (Å²) in [5.74, 6) is 0.983. The van der Waals surface area contributed by atoms with Gasteiger partial charge in [-0.2, -0.15) is 5.10 Å². The molecule has 0 N–H and O–H groups in total. The molecule has 4 nitrogen and oxygen atoms in total. The Hall–Kier alpha value is -1.81. The Kier molecular flexibility index (Phi) is 2.82. The fraction of sp³-hybridized carbons (Fsp3) is 0.286. The number of benzene rings is 1. The molecule has 0 radical (unpaired) electrons. The van der Waals surface area contributed by atoms with E-state index in [0.29, 0.717) is 6.54 Å². The highest BCUT2D eigenvalue weighted by Gasteiger charge is 2.14. The Morgan fingerprint density at radius 2 is 1.95 bits per heavy atom. The number of aryl methyl sites for hydroxylation is 3. The van der Waals surface area contributed by atoms with Crippen LogP contribution in [0.2, 0.25) is 5.02 Å². The highest BCUT2D eigenvalue weighted by Crippen LogP contribution is 2.23. The number of nitrogens with zero attached hydrogens (tertiary/aromatic N) is 4. The summed E-state index contributed by atoms with van der Waals surface area (Å²) < 4.78 is 4.00. The van der Waals surface area contributed by atoms with Crippen LogP contribution in [0.5, 0.6) is 0 Å². The van der Waals surface area contributed by atoms with Crippen molar-refractivity contribution in [3.8, 4) is 0 Å². The van der Waals surface area contributed by atoms with Crippen LogP contribution in [0, 0.1) is 13.8 Å². The SMILES string of the molecule is Cc1nn(C)c(Cn2c(C)nc3ccccc32)c1Cl. The van der Waals surface area contributed by atoms with Crippen molar-refractivity contribution in [1.29, 1.82) is 0 Å². The smallest absolute Gasteiger partial charge is 0.107 e. The molecular weight excluding hydrogens is 260 g/mol. The number of hydrogen-bond donors (Lipinski definition) is 0. The van der Waals surface area contributed by atoms with E-state index in [4.69, 9.17) is 11.6 Å². The van der Waals surface area contributed by atoms with Crippen LogP contribution in [0.15, 0.2) is 24.3 Å². The Bertz CT molecular complexity index is 754. The minimum Gasteiger partial charge on any atom is -0.322 e. The minimum atomic E-state index is 0.683. The summed E-state index contributed by atoms with van der Waals surface area (Å²) in [5.41, 5.74) is 4.00. The van der Waals surface area contributed by atoms with E-state index in [1.54, 1.807) is 0 Å². The zero-order valence-corrected chi connectivity index (χ0v) is 11.9. The van der Waals surface area contributed by atoms with Gasteiger partial charge in [0.25, 0.3) is 0 Å². The van der Waals surface area contributed by atoms with Crippen LogP contribution in [0.25, 0.3) is 11.0 Å². The van der Waals surface area contributed by atoms with Crippen molar-refractivity contribution in [1.82, 2.24) is 19.3 Å². The van der Waals surface area contributed by atoms with Crippen LogP contribution >= 0.6 is 11.6 Å². The molecule has 98 valence electrons. The first-order valence-electron chi connectivity index (χ1n) is 6.17. The molecule has 0 aliphatic carbocycles. The van der Waals surface area contributed by atoms with Crippen molar-refractivity contribution in [3.05, 3.63) is 46.5 Å². The summed E-state index contributed by atoms with van der Waals surface area (Å²) in [6.45, 7) is 4.62. The first-order chi connectivity index (χ1) is 9.08. The van der Waals surface area contributed by atoms with Gasteiger partial charge in [-0.25, -0.2) is 4.98 Å². The normalized spacial score (nSPS) is 11.4. The van der Waals surface area contributed by atoms with Gasteiger partial charge in [0, 0.05) is 7.05 Å². The maximum Gasteiger partial charge on any atom is 0.107 e. The van der Waals surface area contributed by atoms with Crippen LogP contribution < -0.4 is 0 Å². The Balaban J connectivity index is 2.13. The summed E-state index contributed by atoms with van der Waals surface area (Å²) in [6.07, 6.45) is 0. The second kappa shape index (κ2) is 4.38. The molecule has 1 aromatic carbocycles.